The van der Waals surface area contributed by atoms with Crippen molar-refractivity contribution >= 4 is 17.8 Å². The number of carbonyl (C=O) groups excluding carboxylic acids is 1. The highest BCUT2D eigenvalue weighted by Crippen LogP contribution is 2.30. The first-order chi connectivity index (χ1) is 12.2. The van der Waals surface area contributed by atoms with Crippen molar-refractivity contribution in [3.05, 3.63) is 47.7 Å². The largest absolute Gasteiger partial charge is 0.465 e. The summed E-state index contributed by atoms with van der Waals surface area (Å²) in [6, 6.07) is 8.67. The van der Waals surface area contributed by atoms with Crippen LogP contribution in [0.1, 0.15) is 31.9 Å². The fourth-order valence-electron chi connectivity index (χ4n) is 3.26. The minimum atomic E-state index is -1.20. The lowest BCUT2D eigenvalue weighted by Crippen LogP contribution is -2.59. The molecule has 0 bridgehead atoms. The molecule has 1 aliphatic rings. The molecule has 0 radical (unpaired) electrons. The number of anilines is 1. The van der Waals surface area contributed by atoms with E-state index < -0.39 is 23.6 Å². The summed E-state index contributed by atoms with van der Waals surface area (Å²) in [6.07, 6.45) is 0.710. The van der Waals surface area contributed by atoms with Crippen molar-refractivity contribution in [3.8, 4) is 0 Å². The van der Waals surface area contributed by atoms with E-state index in [4.69, 9.17) is 0 Å². The number of rotatable bonds is 3. The number of carboxylic acid groups (broad SMARTS) is 1. The van der Waals surface area contributed by atoms with Gasteiger partial charge in [0.15, 0.2) is 5.82 Å². The monoisotopic (exact) mass is 358 g/mol. The van der Waals surface area contributed by atoms with E-state index in [9.17, 15) is 19.9 Å². The number of fused-ring (bicyclic) bond motifs is 1. The van der Waals surface area contributed by atoms with E-state index >= 15 is 0 Å². The summed E-state index contributed by atoms with van der Waals surface area (Å²) in [5.41, 5.74) is 0.870. The Morgan fingerprint density at radius 2 is 1.96 bits per heavy atom. The number of aromatic nitrogens is 2. The Bertz CT molecular complexity index is 825. The van der Waals surface area contributed by atoms with Crippen LogP contribution >= 0.6 is 0 Å². The van der Waals surface area contributed by atoms with Gasteiger partial charge in [0.2, 0.25) is 0 Å². The van der Waals surface area contributed by atoms with Gasteiger partial charge in [-0.2, -0.15) is 10.2 Å². The summed E-state index contributed by atoms with van der Waals surface area (Å²) < 4.78 is 1.64. The third-order valence-corrected chi connectivity index (χ3v) is 4.35. The zero-order valence-corrected chi connectivity index (χ0v) is 15.0. The average Bonchev–Trinajstić information content (AvgIpc) is 2.94. The van der Waals surface area contributed by atoms with Gasteiger partial charge in [0.05, 0.1) is 6.54 Å². The molecule has 3 rings (SSSR count). The summed E-state index contributed by atoms with van der Waals surface area (Å²) in [4.78, 5) is 25.4. The number of hydrogen-bond acceptors (Lipinski definition) is 4. The lowest BCUT2D eigenvalue weighted by molar-refractivity contribution is -0.131. The van der Waals surface area contributed by atoms with Crippen molar-refractivity contribution in [2.75, 3.05) is 5.06 Å². The van der Waals surface area contributed by atoms with E-state index in [1.807, 2.05) is 30.3 Å². The lowest BCUT2D eigenvalue weighted by atomic mass is 9.96. The quantitative estimate of drug-likeness (QED) is 0.821. The van der Waals surface area contributed by atoms with Crippen LogP contribution in [0.3, 0.4) is 0 Å². The van der Waals surface area contributed by atoms with Crippen LogP contribution in [0, 0.1) is 0 Å². The number of hydrogen-bond donors (Lipinski definition) is 2. The summed E-state index contributed by atoms with van der Waals surface area (Å²) in [5, 5.41) is 24.6. The van der Waals surface area contributed by atoms with E-state index in [1.165, 1.54) is 0 Å². The number of hydroxylamine groups is 1. The molecule has 2 aromatic rings. The second kappa shape index (κ2) is 6.45. The van der Waals surface area contributed by atoms with Gasteiger partial charge in [-0.05, 0) is 26.3 Å². The Labute approximate surface area is 151 Å². The van der Waals surface area contributed by atoms with Crippen molar-refractivity contribution in [1.29, 1.82) is 0 Å². The molecular formula is C18H22N4O4. The molecule has 0 unspecified atom stereocenters. The Balaban J connectivity index is 1.91. The maximum Gasteiger partial charge on any atom is 0.408 e. The first-order valence-electron chi connectivity index (χ1n) is 8.34. The standard InChI is InChI=1S/C18H22N4O4/c1-18(2,3)21(17(24)25)14-9-13-11-20(10-12-7-5-4-6-8-12)19-15(13)22(26)16(14)23/h4-8,11,14,26H,9-10H2,1-3H3,(H,24,25)/t14-/m0/s1. The highest BCUT2D eigenvalue weighted by Gasteiger charge is 2.44. The number of carbonyl (C=O) groups is 2. The van der Waals surface area contributed by atoms with Gasteiger partial charge in [0, 0.05) is 23.7 Å². The third-order valence-electron chi connectivity index (χ3n) is 4.35. The van der Waals surface area contributed by atoms with Crippen molar-refractivity contribution in [2.45, 2.75) is 45.3 Å². The molecule has 1 aromatic heterocycles. The first-order valence-corrected chi connectivity index (χ1v) is 8.34. The molecule has 8 heteroatoms. The summed E-state index contributed by atoms with van der Waals surface area (Å²) >= 11 is 0. The third kappa shape index (κ3) is 3.28. The molecule has 138 valence electrons. The molecule has 1 aromatic carbocycles. The number of benzene rings is 1. The van der Waals surface area contributed by atoms with Gasteiger partial charge < -0.3 is 5.11 Å². The SMILES string of the molecule is CC(C)(C)N(C(=O)O)[C@H]1Cc2cn(Cc3ccccc3)nc2N(O)C1=O. The minimum Gasteiger partial charge on any atom is -0.465 e. The van der Waals surface area contributed by atoms with Gasteiger partial charge in [-0.3, -0.25) is 19.6 Å². The minimum absolute atomic E-state index is 0.154. The van der Waals surface area contributed by atoms with E-state index in [1.54, 1.807) is 31.6 Å². The van der Waals surface area contributed by atoms with E-state index in [2.05, 4.69) is 5.10 Å². The average molecular weight is 358 g/mol. The summed E-state index contributed by atoms with van der Waals surface area (Å²) in [6.45, 7) is 5.63. The molecule has 0 saturated heterocycles. The second-order valence-electron chi connectivity index (χ2n) is 7.35. The van der Waals surface area contributed by atoms with Gasteiger partial charge in [-0.1, -0.05) is 30.3 Å². The van der Waals surface area contributed by atoms with Crippen LogP contribution in [0.2, 0.25) is 0 Å². The molecule has 0 aliphatic carbocycles. The summed E-state index contributed by atoms with van der Waals surface area (Å²) in [5.74, 6) is -0.541. The molecular weight excluding hydrogens is 336 g/mol. The highest BCUT2D eigenvalue weighted by molar-refractivity contribution is 5.98. The van der Waals surface area contributed by atoms with Crippen LogP contribution in [0.5, 0.6) is 0 Å². The van der Waals surface area contributed by atoms with Crippen LogP contribution < -0.4 is 5.06 Å². The fourth-order valence-corrected chi connectivity index (χ4v) is 3.26. The maximum absolute atomic E-state index is 12.6. The molecule has 26 heavy (non-hydrogen) atoms. The first kappa shape index (κ1) is 17.9. The molecule has 8 nitrogen and oxygen atoms in total. The normalized spacial score (nSPS) is 17.2. The smallest absolute Gasteiger partial charge is 0.408 e. The Morgan fingerprint density at radius 3 is 2.54 bits per heavy atom. The predicted molar refractivity (Wildman–Crippen MR) is 94.2 cm³/mol. The molecule has 0 fully saturated rings. The van der Waals surface area contributed by atoms with Gasteiger partial charge in [0.1, 0.15) is 6.04 Å². The molecule has 1 aliphatic heterocycles. The molecule has 0 spiro atoms. The molecule has 2 heterocycles. The van der Waals surface area contributed by atoms with Crippen LogP contribution in [0.4, 0.5) is 10.6 Å². The van der Waals surface area contributed by atoms with Gasteiger partial charge in [-0.25, -0.2) is 4.79 Å². The molecule has 1 atom stereocenters. The van der Waals surface area contributed by atoms with Crippen LogP contribution in [0.25, 0.3) is 0 Å². The van der Waals surface area contributed by atoms with Crippen LogP contribution in [-0.4, -0.2) is 48.6 Å². The number of nitrogens with zero attached hydrogens (tertiary/aromatic N) is 4. The van der Waals surface area contributed by atoms with Crippen molar-refractivity contribution in [2.24, 2.45) is 0 Å². The summed E-state index contributed by atoms with van der Waals surface area (Å²) in [7, 11) is 0. The predicted octanol–water partition coefficient (Wildman–Crippen LogP) is 2.36. The zero-order chi connectivity index (χ0) is 19.1. The van der Waals surface area contributed by atoms with Gasteiger partial charge in [-0.15, -0.1) is 0 Å². The molecule has 0 saturated carbocycles. The molecule has 2 N–H and O–H groups in total. The van der Waals surface area contributed by atoms with Crippen LogP contribution in [-0.2, 0) is 17.8 Å². The van der Waals surface area contributed by atoms with Gasteiger partial charge in [0.25, 0.3) is 5.91 Å². The van der Waals surface area contributed by atoms with Gasteiger partial charge >= 0.3 is 6.09 Å². The highest BCUT2D eigenvalue weighted by atomic mass is 16.5. The van der Waals surface area contributed by atoms with Crippen molar-refractivity contribution in [3.63, 3.8) is 0 Å². The number of amides is 2. The fraction of sp³-hybridized carbons (Fsp3) is 0.389. The lowest BCUT2D eigenvalue weighted by Gasteiger charge is -2.41. The zero-order valence-electron chi connectivity index (χ0n) is 15.0. The Hall–Kier alpha value is -2.87. The maximum atomic E-state index is 12.6. The van der Waals surface area contributed by atoms with Crippen molar-refractivity contribution < 1.29 is 19.9 Å². The van der Waals surface area contributed by atoms with E-state index in [0.29, 0.717) is 17.2 Å². The Kier molecular flexibility index (Phi) is 4.45. The van der Waals surface area contributed by atoms with E-state index in [0.717, 1.165) is 10.5 Å². The van der Waals surface area contributed by atoms with E-state index in [-0.39, 0.29) is 12.2 Å². The second-order valence-corrected chi connectivity index (χ2v) is 7.35. The molecule has 2 amide bonds. The Morgan fingerprint density at radius 1 is 1.31 bits per heavy atom. The van der Waals surface area contributed by atoms with Crippen molar-refractivity contribution in [1.82, 2.24) is 14.7 Å². The van der Waals surface area contributed by atoms with Crippen LogP contribution in [0.15, 0.2) is 36.5 Å². The topological polar surface area (TPSA) is 98.9 Å².